The Balaban J connectivity index is 1.60. The molecule has 4 saturated carbocycles. The van der Waals surface area contributed by atoms with E-state index in [1.54, 1.807) is 0 Å². The SMILES string of the molecule is CC1(C)[C@H](O)[C@H](O)C[C@]2(C)[C@H]3CC=C4[C@@H]5C[C@](C)(CO)CC[C@]5(C(=O)O)CC[C@@]4(C)[C@]3(C)CC[C@@H]12. The first-order chi connectivity index (χ1) is 16.1. The van der Waals surface area contributed by atoms with Crippen LogP contribution in [0.15, 0.2) is 11.6 Å². The number of carboxylic acids is 1. The third-order valence-corrected chi connectivity index (χ3v) is 13.3. The van der Waals surface area contributed by atoms with Gasteiger partial charge < -0.3 is 20.4 Å². The molecule has 5 aliphatic carbocycles. The molecule has 0 aromatic rings. The first-order valence-corrected chi connectivity index (χ1v) is 14.0. The van der Waals surface area contributed by atoms with Gasteiger partial charge in [-0.25, -0.2) is 0 Å². The molecular weight excluding hydrogens is 440 g/mol. The van der Waals surface area contributed by atoms with Crippen LogP contribution < -0.4 is 0 Å². The Bertz CT molecular complexity index is 941. The highest BCUT2D eigenvalue weighted by Crippen LogP contribution is 2.75. The van der Waals surface area contributed by atoms with E-state index in [9.17, 15) is 25.2 Å². The van der Waals surface area contributed by atoms with Gasteiger partial charge in [0, 0.05) is 6.61 Å². The summed E-state index contributed by atoms with van der Waals surface area (Å²) in [5, 5.41) is 42.6. The summed E-state index contributed by atoms with van der Waals surface area (Å²) in [6, 6.07) is 0. The molecule has 4 fully saturated rings. The number of aliphatic hydroxyl groups is 3. The quantitative estimate of drug-likeness (QED) is 0.402. The van der Waals surface area contributed by atoms with Crippen LogP contribution in [0.1, 0.15) is 99.3 Å². The Morgan fingerprint density at radius 2 is 1.60 bits per heavy atom. The second kappa shape index (κ2) is 7.57. The summed E-state index contributed by atoms with van der Waals surface area (Å²) in [5.41, 5.74) is -0.0781. The lowest BCUT2D eigenvalue weighted by molar-refractivity contribution is -0.232. The molecule has 0 bridgehead atoms. The van der Waals surface area contributed by atoms with E-state index in [-0.39, 0.29) is 39.6 Å². The van der Waals surface area contributed by atoms with Gasteiger partial charge in [0.15, 0.2) is 0 Å². The van der Waals surface area contributed by atoms with Crippen molar-refractivity contribution in [3.63, 3.8) is 0 Å². The lowest BCUT2D eigenvalue weighted by atomic mass is 9.33. The molecule has 10 atom stereocenters. The zero-order valence-electron chi connectivity index (χ0n) is 22.7. The lowest BCUT2D eigenvalue weighted by Gasteiger charge is -2.71. The van der Waals surface area contributed by atoms with Gasteiger partial charge in [0.1, 0.15) is 0 Å². The molecule has 0 aliphatic heterocycles. The van der Waals surface area contributed by atoms with Crippen molar-refractivity contribution in [2.45, 2.75) is 112 Å². The molecule has 35 heavy (non-hydrogen) atoms. The molecule has 5 heteroatoms. The molecule has 0 unspecified atom stereocenters. The Morgan fingerprint density at radius 1 is 0.943 bits per heavy atom. The van der Waals surface area contributed by atoms with Crippen LogP contribution in [-0.2, 0) is 4.79 Å². The number of hydrogen-bond donors (Lipinski definition) is 4. The molecule has 0 saturated heterocycles. The normalized spacial score (nSPS) is 55.0. The van der Waals surface area contributed by atoms with Crippen LogP contribution in [0.5, 0.6) is 0 Å². The number of rotatable bonds is 2. The van der Waals surface area contributed by atoms with Crippen LogP contribution in [0.3, 0.4) is 0 Å². The summed E-state index contributed by atoms with van der Waals surface area (Å²) in [5.74, 6) is 0.0517. The molecule has 0 aromatic heterocycles. The second-order valence-electron chi connectivity index (χ2n) is 15.0. The van der Waals surface area contributed by atoms with Crippen molar-refractivity contribution < 1.29 is 25.2 Å². The van der Waals surface area contributed by atoms with E-state index in [2.05, 4.69) is 47.6 Å². The van der Waals surface area contributed by atoms with E-state index in [1.165, 1.54) is 5.57 Å². The molecule has 0 heterocycles. The zero-order chi connectivity index (χ0) is 25.8. The number of fused-ring (bicyclic) bond motifs is 7. The van der Waals surface area contributed by atoms with Gasteiger partial charge in [0.25, 0.3) is 0 Å². The van der Waals surface area contributed by atoms with Crippen molar-refractivity contribution in [2.75, 3.05) is 6.61 Å². The minimum absolute atomic E-state index is 0.0121. The third kappa shape index (κ3) is 3.07. The van der Waals surface area contributed by atoms with Crippen LogP contribution in [0.2, 0.25) is 0 Å². The Kier molecular flexibility index (Phi) is 5.56. The zero-order valence-corrected chi connectivity index (χ0v) is 22.7. The Hall–Kier alpha value is -0.910. The molecule has 5 nitrogen and oxygen atoms in total. The van der Waals surface area contributed by atoms with Crippen molar-refractivity contribution in [2.24, 2.45) is 50.2 Å². The fourth-order valence-corrected chi connectivity index (χ4v) is 10.8. The van der Waals surface area contributed by atoms with E-state index in [1.807, 2.05) is 0 Å². The maximum absolute atomic E-state index is 12.8. The number of aliphatic hydroxyl groups excluding tert-OH is 3. The van der Waals surface area contributed by atoms with Crippen LogP contribution in [0.25, 0.3) is 0 Å². The van der Waals surface area contributed by atoms with Crippen molar-refractivity contribution in [1.29, 1.82) is 0 Å². The smallest absolute Gasteiger partial charge is 0.310 e. The largest absolute Gasteiger partial charge is 0.481 e. The van der Waals surface area contributed by atoms with Gasteiger partial charge in [-0.1, -0.05) is 53.2 Å². The van der Waals surface area contributed by atoms with Crippen molar-refractivity contribution in [3.8, 4) is 0 Å². The highest BCUT2D eigenvalue weighted by molar-refractivity contribution is 5.76. The topological polar surface area (TPSA) is 98.0 Å². The van der Waals surface area contributed by atoms with Gasteiger partial charge in [0.2, 0.25) is 0 Å². The fourth-order valence-electron chi connectivity index (χ4n) is 10.8. The monoisotopic (exact) mass is 488 g/mol. The molecule has 0 aromatic carbocycles. The van der Waals surface area contributed by atoms with E-state index >= 15 is 0 Å². The molecule has 0 radical (unpaired) electrons. The molecule has 0 spiro atoms. The summed E-state index contributed by atoms with van der Waals surface area (Å²) in [6.07, 6.45) is 8.42. The van der Waals surface area contributed by atoms with E-state index in [0.29, 0.717) is 31.1 Å². The van der Waals surface area contributed by atoms with Gasteiger partial charge in [-0.2, -0.15) is 0 Å². The molecule has 5 rings (SSSR count). The van der Waals surface area contributed by atoms with Gasteiger partial charge in [0.05, 0.1) is 17.6 Å². The molecule has 5 aliphatic rings. The average molecular weight is 489 g/mol. The number of allylic oxidation sites excluding steroid dienone is 2. The average Bonchev–Trinajstić information content (AvgIpc) is 2.78. The molecule has 198 valence electrons. The minimum atomic E-state index is -0.711. The number of aliphatic carboxylic acids is 1. The molecule has 0 amide bonds. The van der Waals surface area contributed by atoms with Crippen LogP contribution in [-0.4, -0.2) is 45.2 Å². The van der Waals surface area contributed by atoms with Crippen LogP contribution in [0, 0.1) is 50.2 Å². The number of carboxylic acid groups (broad SMARTS) is 1. The lowest BCUT2D eigenvalue weighted by Crippen LogP contribution is -2.67. The van der Waals surface area contributed by atoms with Crippen molar-refractivity contribution in [1.82, 2.24) is 0 Å². The standard InChI is InChI=1S/C30H48O5/c1-25(2)21-9-10-29(6)22(27(21,4)16-20(32)23(25)33)8-7-18-19-15-26(3,17-31)11-13-30(19,24(34)35)14-12-28(18,29)5/h7,19-23,31-33H,8-17H2,1-6H3,(H,34,35)/t19-,20+,21-,22+,23+,26+,27-,28+,29+,30-/m0/s1. The van der Waals surface area contributed by atoms with Gasteiger partial charge in [-0.15, -0.1) is 0 Å². The predicted molar refractivity (Wildman–Crippen MR) is 135 cm³/mol. The first kappa shape index (κ1) is 25.7. The van der Waals surface area contributed by atoms with Gasteiger partial charge in [-0.05, 0) is 103 Å². The van der Waals surface area contributed by atoms with Gasteiger partial charge >= 0.3 is 5.97 Å². The van der Waals surface area contributed by atoms with Crippen molar-refractivity contribution >= 4 is 5.97 Å². The Labute approximate surface area is 211 Å². The van der Waals surface area contributed by atoms with E-state index in [4.69, 9.17) is 0 Å². The summed E-state index contributed by atoms with van der Waals surface area (Å²) < 4.78 is 0. The first-order valence-electron chi connectivity index (χ1n) is 14.0. The third-order valence-electron chi connectivity index (χ3n) is 13.3. The molecular formula is C30H48O5. The maximum Gasteiger partial charge on any atom is 0.310 e. The fraction of sp³-hybridized carbons (Fsp3) is 0.900. The second-order valence-corrected chi connectivity index (χ2v) is 15.0. The summed E-state index contributed by atoms with van der Waals surface area (Å²) in [4.78, 5) is 12.8. The Morgan fingerprint density at radius 3 is 2.23 bits per heavy atom. The predicted octanol–water partition coefficient (Wildman–Crippen LogP) is 5.18. The van der Waals surface area contributed by atoms with Crippen LogP contribution in [0.4, 0.5) is 0 Å². The highest BCUT2D eigenvalue weighted by Gasteiger charge is 2.70. The van der Waals surface area contributed by atoms with Gasteiger partial charge in [-0.3, -0.25) is 4.79 Å². The van der Waals surface area contributed by atoms with E-state index < -0.39 is 23.6 Å². The van der Waals surface area contributed by atoms with E-state index in [0.717, 1.165) is 38.5 Å². The highest BCUT2D eigenvalue weighted by atomic mass is 16.4. The number of hydrogen-bond acceptors (Lipinski definition) is 4. The minimum Gasteiger partial charge on any atom is -0.481 e. The summed E-state index contributed by atoms with van der Waals surface area (Å²) in [7, 11) is 0. The molecule has 4 N–H and O–H groups in total. The summed E-state index contributed by atoms with van der Waals surface area (Å²) >= 11 is 0. The van der Waals surface area contributed by atoms with Crippen LogP contribution >= 0.6 is 0 Å². The van der Waals surface area contributed by atoms with Crippen molar-refractivity contribution in [3.05, 3.63) is 11.6 Å². The number of carbonyl (C=O) groups is 1. The maximum atomic E-state index is 12.8. The summed E-state index contributed by atoms with van der Waals surface area (Å²) in [6.45, 7) is 13.7.